The standard InChI is InChI=1S/C23H24N2O5/c1-15(29-20-12-10-19(28-3)11-13-20)22(26)24-25-23(27)16(2)30-21-9-8-17-6-4-5-7-18(17)14-21/h4-16H,1-3H3,(H,24,26)(H,25,27)/t15-,16+/m0/s1. The van der Waals surface area contributed by atoms with Crippen LogP contribution in [0.15, 0.2) is 66.7 Å². The highest BCUT2D eigenvalue weighted by Gasteiger charge is 2.19. The Balaban J connectivity index is 1.48. The first-order chi connectivity index (χ1) is 14.5. The van der Waals surface area contributed by atoms with Gasteiger partial charge in [-0.05, 0) is 61.0 Å². The predicted octanol–water partition coefficient (Wildman–Crippen LogP) is 3.23. The van der Waals surface area contributed by atoms with Crippen LogP contribution in [0.2, 0.25) is 0 Å². The molecule has 3 aromatic rings. The Labute approximate surface area is 174 Å². The molecule has 0 fully saturated rings. The first-order valence-corrected chi connectivity index (χ1v) is 9.52. The highest BCUT2D eigenvalue weighted by Crippen LogP contribution is 2.21. The van der Waals surface area contributed by atoms with Gasteiger partial charge in [-0.2, -0.15) is 0 Å². The van der Waals surface area contributed by atoms with E-state index in [-0.39, 0.29) is 0 Å². The molecule has 0 aliphatic rings. The zero-order valence-corrected chi connectivity index (χ0v) is 17.0. The van der Waals surface area contributed by atoms with Gasteiger partial charge in [0.05, 0.1) is 7.11 Å². The second kappa shape index (κ2) is 9.65. The van der Waals surface area contributed by atoms with Crippen molar-refractivity contribution in [2.45, 2.75) is 26.1 Å². The average Bonchev–Trinajstić information content (AvgIpc) is 2.77. The molecule has 3 rings (SSSR count). The van der Waals surface area contributed by atoms with Crippen molar-refractivity contribution in [3.8, 4) is 17.2 Å². The smallest absolute Gasteiger partial charge is 0.279 e. The SMILES string of the molecule is COc1ccc(O[C@@H](C)C(=O)NNC(=O)[C@@H](C)Oc2ccc3ccccc3c2)cc1. The van der Waals surface area contributed by atoms with Crippen LogP contribution in [0.1, 0.15) is 13.8 Å². The van der Waals surface area contributed by atoms with Crippen molar-refractivity contribution >= 4 is 22.6 Å². The van der Waals surface area contributed by atoms with Crippen LogP contribution in [0.4, 0.5) is 0 Å². The minimum absolute atomic E-state index is 0.479. The summed E-state index contributed by atoms with van der Waals surface area (Å²) in [6, 6.07) is 20.3. The fraction of sp³-hybridized carbons (Fsp3) is 0.217. The molecule has 0 heterocycles. The summed E-state index contributed by atoms with van der Waals surface area (Å²) in [5, 5.41) is 2.10. The molecule has 7 nitrogen and oxygen atoms in total. The third-order valence-electron chi connectivity index (χ3n) is 4.45. The van der Waals surface area contributed by atoms with Crippen LogP contribution in [0.25, 0.3) is 10.8 Å². The van der Waals surface area contributed by atoms with Crippen LogP contribution < -0.4 is 25.1 Å². The lowest BCUT2D eigenvalue weighted by molar-refractivity contribution is -0.135. The van der Waals surface area contributed by atoms with Crippen molar-refractivity contribution in [1.29, 1.82) is 0 Å². The van der Waals surface area contributed by atoms with E-state index < -0.39 is 24.0 Å². The molecule has 0 aromatic heterocycles. The number of rotatable bonds is 7. The molecule has 156 valence electrons. The quantitative estimate of drug-likeness (QED) is 0.586. The number of carbonyl (C=O) groups is 2. The largest absolute Gasteiger partial charge is 0.497 e. The molecule has 0 radical (unpaired) electrons. The van der Waals surface area contributed by atoms with Gasteiger partial charge in [-0.25, -0.2) is 0 Å². The number of nitrogens with one attached hydrogen (secondary N) is 2. The molecule has 2 atom stereocenters. The minimum atomic E-state index is -0.810. The molecular weight excluding hydrogens is 384 g/mol. The topological polar surface area (TPSA) is 85.9 Å². The van der Waals surface area contributed by atoms with Crippen LogP contribution in [-0.2, 0) is 9.59 Å². The van der Waals surface area contributed by atoms with E-state index in [1.165, 1.54) is 0 Å². The lowest BCUT2D eigenvalue weighted by atomic mass is 10.1. The average molecular weight is 408 g/mol. The van der Waals surface area contributed by atoms with Gasteiger partial charge < -0.3 is 14.2 Å². The fourth-order valence-electron chi connectivity index (χ4n) is 2.74. The molecule has 7 heteroatoms. The van der Waals surface area contributed by atoms with Crippen molar-refractivity contribution in [1.82, 2.24) is 10.9 Å². The summed E-state index contributed by atoms with van der Waals surface area (Å²) in [5.74, 6) is 0.800. The Morgan fingerprint density at radius 3 is 1.80 bits per heavy atom. The highest BCUT2D eigenvalue weighted by atomic mass is 16.5. The second-order valence-corrected chi connectivity index (χ2v) is 6.68. The summed E-state index contributed by atoms with van der Waals surface area (Å²) in [6.07, 6.45) is -1.61. The van der Waals surface area contributed by atoms with Gasteiger partial charge in [0, 0.05) is 0 Å². The van der Waals surface area contributed by atoms with Crippen LogP contribution in [-0.4, -0.2) is 31.1 Å². The van der Waals surface area contributed by atoms with Gasteiger partial charge in [0.2, 0.25) is 0 Å². The number of fused-ring (bicyclic) bond motifs is 1. The van der Waals surface area contributed by atoms with Crippen molar-refractivity contribution in [2.24, 2.45) is 0 Å². The van der Waals surface area contributed by atoms with Crippen molar-refractivity contribution < 1.29 is 23.8 Å². The first kappa shape index (κ1) is 21.0. The summed E-state index contributed by atoms with van der Waals surface area (Å²) in [7, 11) is 1.57. The molecule has 0 aliphatic carbocycles. The predicted molar refractivity (Wildman–Crippen MR) is 113 cm³/mol. The number of hydrogen-bond donors (Lipinski definition) is 2. The third-order valence-corrected chi connectivity index (χ3v) is 4.45. The summed E-state index contributed by atoms with van der Waals surface area (Å²) < 4.78 is 16.3. The maximum atomic E-state index is 12.3. The van der Waals surface area contributed by atoms with Crippen LogP contribution >= 0.6 is 0 Å². The van der Waals surface area contributed by atoms with Crippen molar-refractivity contribution in [3.63, 3.8) is 0 Å². The zero-order chi connectivity index (χ0) is 21.5. The van der Waals surface area contributed by atoms with Crippen LogP contribution in [0, 0.1) is 0 Å². The molecule has 0 aliphatic heterocycles. The molecule has 30 heavy (non-hydrogen) atoms. The number of amides is 2. The molecule has 0 unspecified atom stereocenters. The number of ether oxygens (including phenoxy) is 3. The number of benzene rings is 3. The van der Waals surface area contributed by atoms with E-state index in [2.05, 4.69) is 10.9 Å². The molecular formula is C23H24N2O5. The number of carbonyl (C=O) groups excluding carboxylic acids is 2. The Morgan fingerprint density at radius 2 is 1.20 bits per heavy atom. The summed E-state index contributed by atoms with van der Waals surface area (Å²) in [4.78, 5) is 24.4. The van der Waals surface area contributed by atoms with E-state index >= 15 is 0 Å². The van der Waals surface area contributed by atoms with E-state index in [0.717, 1.165) is 10.8 Å². The molecule has 0 saturated heterocycles. The molecule has 0 saturated carbocycles. The zero-order valence-electron chi connectivity index (χ0n) is 17.0. The number of hydrazine groups is 1. The van der Waals surface area contributed by atoms with Gasteiger partial charge in [-0.15, -0.1) is 0 Å². The maximum Gasteiger partial charge on any atom is 0.279 e. The summed E-state index contributed by atoms with van der Waals surface area (Å²) >= 11 is 0. The Bertz CT molecular complexity index is 1020. The third kappa shape index (κ3) is 5.41. The monoisotopic (exact) mass is 408 g/mol. The van der Waals surface area contributed by atoms with Crippen LogP contribution in [0.5, 0.6) is 17.2 Å². The lowest BCUT2D eigenvalue weighted by Gasteiger charge is -2.18. The Kier molecular flexibility index (Phi) is 6.75. The van der Waals surface area contributed by atoms with E-state index in [0.29, 0.717) is 17.2 Å². The number of hydrogen-bond acceptors (Lipinski definition) is 5. The highest BCUT2D eigenvalue weighted by molar-refractivity contribution is 5.87. The minimum Gasteiger partial charge on any atom is -0.497 e. The first-order valence-electron chi connectivity index (χ1n) is 9.52. The van der Waals surface area contributed by atoms with E-state index in [4.69, 9.17) is 14.2 Å². The van der Waals surface area contributed by atoms with Gasteiger partial charge in [0.25, 0.3) is 11.8 Å². The second-order valence-electron chi connectivity index (χ2n) is 6.68. The van der Waals surface area contributed by atoms with Crippen molar-refractivity contribution in [2.75, 3.05) is 7.11 Å². The van der Waals surface area contributed by atoms with Gasteiger partial charge in [0.15, 0.2) is 12.2 Å². The molecule has 2 amide bonds. The molecule has 0 bridgehead atoms. The van der Waals surface area contributed by atoms with Gasteiger partial charge in [-0.3, -0.25) is 20.4 Å². The molecule has 0 spiro atoms. The van der Waals surface area contributed by atoms with Crippen molar-refractivity contribution in [3.05, 3.63) is 66.7 Å². The summed E-state index contributed by atoms with van der Waals surface area (Å²) in [5.41, 5.74) is 4.71. The molecule has 3 aromatic carbocycles. The van der Waals surface area contributed by atoms with E-state index in [9.17, 15) is 9.59 Å². The fourth-order valence-corrected chi connectivity index (χ4v) is 2.74. The van der Waals surface area contributed by atoms with Crippen LogP contribution in [0.3, 0.4) is 0 Å². The van der Waals surface area contributed by atoms with E-state index in [1.54, 1.807) is 51.3 Å². The summed E-state index contributed by atoms with van der Waals surface area (Å²) in [6.45, 7) is 3.19. The van der Waals surface area contributed by atoms with Gasteiger partial charge >= 0.3 is 0 Å². The van der Waals surface area contributed by atoms with Gasteiger partial charge in [-0.1, -0.05) is 30.3 Å². The Hall–Kier alpha value is -3.74. The van der Waals surface area contributed by atoms with E-state index in [1.807, 2.05) is 36.4 Å². The Morgan fingerprint density at radius 1 is 0.700 bits per heavy atom. The molecule has 2 N–H and O–H groups in total. The number of methoxy groups -OCH3 is 1. The van der Waals surface area contributed by atoms with Gasteiger partial charge in [0.1, 0.15) is 17.2 Å². The lowest BCUT2D eigenvalue weighted by Crippen LogP contribution is -2.50. The normalized spacial score (nSPS) is 12.5. The maximum absolute atomic E-state index is 12.3.